The first kappa shape index (κ1) is 14.3. The molecule has 0 aliphatic rings. The van der Waals surface area contributed by atoms with E-state index in [0.717, 1.165) is 6.07 Å². The fourth-order valence-corrected chi connectivity index (χ4v) is 2.45. The van der Waals surface area contributed by atoms with E-state index in [1.54, 1.807) is 28.8 Å². The minimum absolute atomic E-state index is 0.0339. The summed E-state index contributed by atoms with van der Waals surface area (Å²) in [5, 5.41) is 0. The number of benzene rings is 1. The molecule has 0 spiro atoms. The van der Waals surface area contributed by atoms with E-state index in [4.69, 9.17) is 0 Å². The monoisotopic (exact) mass is 304 g/mol. The van der Waals surface area contributed by atoms with E-state index in [0.29, 0.717) is 23.2 Å². The lowest BCUT2D eigenvalue weighted by atomic mass is 10.0. The zero-order chi connectivity index (χ0) is 15.7. The molecule has 2 heterocycles. The quantitative estimate of drug-likeness (QED) is 0.691. The van der Waals surface area contributed by atoms with Crippen LogP contribution in [0.4, 0.5) is 13.2 Å². The third kappa shape index (κ3) is 2.47. The van der Waals surface area contributed by atoms with Gasteiger partial charge in [-0.1, -0.05) is 18.2 Å². The molecule has 6 heteroatoms. The van der Waals surface area contributed by atoms with Crippen molar-refractivity contribution in [3.05, 3.63) is 71.3 Å². The molecule has 0 aliphatic heterocycles. The van der Waals surface area contributed by atoms with Crippen LogP contribution >= 0.6 is 0 Å². The Morgan fingerprint density at radius 3 is 2.64 bits per heavy atom. The van der Waals surface area contributed by atoms with E-state index in [1.165, 1.54) is 18.3 Å². The second-order valence-electron chi connectivity index (χ2n) is 4.84. The average Bonchev–Trinajstić information content (AvgIpc) is 2.90. The van der Waals surface area contributed by atoms with Crippen LogP contribution in [0.25, 0.3) is 5.52 Å². The number of hydrogen-bond donors (Lipinski definition) is 0. The summed E-state index contributed by atoms with van der Waals surface area (Å²) in [5.74, 6) is 0.454. The lowest BCUT2D eigenvalue weighted by Crippen LogP contribution is -2.10. The average molecular weight is 304 g/mol. The van der Waals surface area contributed by atoms with Crippen molar-refractivity contribution in [2.24, 2.45) is 0 Å². The van der Waals surface area contributed by atoms with E-state index in [-0.39, 0.29) is 12.0 Å². The van der Waals surface area contributed by atoms with E-state index in [2.05, 4.69) is 4.98 Å². The van der Waals surface area contributed by atoms with Crippen LogP contribution in [0.15, 0.2) is 48.8 Å². The predicted octanol–water partition coefficient (Wildman–Crippen LogP) is 3.76. The lowest BCUT2D eigenvalue weighted by molar-refractivity contribution is -0.138. The highest BCUT2D eigenvalue weighted by Crippen LogP contribution is 2.32. The van der Waals surface area contributed by atoms with Crippen molar-refractivity contribution in [2.75, 3.05) is 0 Å². The molecule has 0 N–H and O–H groups in total. The van der Waals surface area contributed by atoms with Crippen LogP contribution in [0.3, 0.4) is 0 Å². The van der Waals surface area contributed by atoms with Crippen molar-refractivity contribution in [2.45, 2.75) is 12.6 Å². The largest absolute Gasteiger partial charge is 0.416 e. The molecule has 22 heavy (non-hydrogen) atoms. The van der Waals surface area contributed by atoms with Crippen molar-refractivity contribution in [1.29, 1.82) is 0 Å². The van der Waals surface area contributed by atoms with Gasteiger partial charge in [0, 0.05) is 18.2 Å². The summed E-state index contributed by atoms with van der Waals surface area (Å²) in [5.41, 5.74) is 0.514. The second-order valence-corrected chi connectivity index (χ2v) is 4.84. The van der Waals surface area contributed by atoms with E-state index in [9.17, 15) is 18.0 Å². The molecule has 3 rings (SSSR count). The Morgan fingerprint density at radius 1 is 1.14 bits per heavy atom. The van der Waals surface area contributed by atoms with Gasteiger partial charge in [0.2, 0.25) is 0 Å². The Bertz CT molecular complexity index is 837. The van der Waals surface area contributed by atoms with Gasteiger partial charge in [0.15, 0.2) is 6.29 Å². The molecule has 0 saturated carbocycles. The fourth-order valence-electron chi connectivity index (χ4n) is 2.45. The summed E-state index contributed by atoms with van der Waals surface area (Å²) in [7, 11) is 0. The number of aldehydes is 1. The van der Waals surface area contributed by atoms with Gasteiger partial charge in [-0.3, -0.25) is 4.79 Å². The molecule has 0 unspecified atom stereocenters. The minimum Gasteiger partial charge on any atom is -0.303 e. The van der Waals surface area contributed by atoms with Crippen LogP contribution in [0, 0.1) is 0 Å². The van der Waals surface area contributed by atoms with Crippen LogP contribution < -0.4 is 0 Å². The highest BCUT2D eigenvalue weighted by molar-refractivity contribution is 5.85. The summed E-state index contributed by atoms with van der Waals surface area (Å²) in [4.78, 5) is 15.1. The summed E-state index contributed by atoms with van der Waals surface area (Å²) in [6.07, 6.45) is -0.496. The van der Waals surface area contributed by atoms with Gasteiger partial charge in [0.25, 0.3) is 0 Å². The molecule has 3 nitrogen and oxygen atoms in total. The topological polar surface area (TPSA) is 34.4 Å². The maximum Gasteiger partial charge on any atom is 0.416 e. The fraction of sp³-hybridized carbons (Fsp3) is 0.125. The first-order valence-corrected chi connectivity index (χ1v) is 6.56. The van der Waals surface area contributed by atoms with Crippen molar-refractivity contribution in [3.63, 3.8) is 0 Å². The zero-order valence-electron chi connectivity index (χ0n) is 11.3. The number of nitrogens with zero attached hydrogens (tertiary/aromatic N) is 2. The molecule has 0 bridgehead atoms. The molecule has 0 fully saturated rings. The van der Waals surface area contributed by atoms with E-state index >= 15 is 0 Å². The molecular weight excluding hydrogens is 293 g/mol. The van der Waals surface area contributed by atoms with Crippen LogP contribution in [-0.4, -0.2) is 15.7 Å². The van der Waals surface area contributed by atoms with Crippen molar-refractivity contribution < 1.29 is 18.0 Å². The normalized spacial score (nSPS) is 11.8. The van der Waals surface area contributed by atoms with Gasteiger partial charge >= 0.3 is 6.18 Å². The van der Waals surface area contributed by atoms with E-state index < -0.39 is 11.7 Å². The predicted molar refractivity (Wildman–Crippen MR) is 74.8 cm³/mol. The Balaban J connectivity index is 2.07. The number of pyridine rings is 1. The molecule has 1 aromatic carbocycles. The van der Waals surface area contributed by atoms with Crippen molar-refractivity contribution in [1.82, 2.24) is 9.38 Å². The maximum atomic E-state index is 13.0. The second kappa shape index (κ2) is 5.29. The maximum absolute atomic E-state index is 13.0. The number of imidazole rings is 1. The molecule has 0 atom stereocenters. The summed E-state index contributed by atoms with van der Waals surface area (Å²) in [6, 6.07) is 8.72. The summed E-state index contributed by atoms with van der Waals surface area (Å²) >= 11 is 0. The van der Waals surface area contributed by atoms with Gasteiger partial charge in [-0.25, -0.2) is 4.98 Å². The van der Waals surface area contributed by atoms with Gasteiger partial charge in [-0.15, -0.1) is 0 Å². The molecule has 3 aromatic rings. The Labute approximate surface area is 124 Å². The minimum atomic E-state index is -4.41. The molecule has 0 amide bonds. The molecule has 2 aromatic heterocycles. The number of rotatable bonds is 3. The van der Waals surface area contributed by atoms with Crippen molar-refractivity contribution in [3.8, 4) is 0 Å². The summed E-state index contributed by atoms with van der Waals surface area (Å²) in [6.45, 7) is 0. The Kier molecular flexibility index (Phi) is 3.44. The molecule has 0 radical (unpaired) electrons. The Morgan fingerprint density at radius 2 is 1.91 bits per heavy atom. The van der Waals surface area contributed by atoms with Gasteiger partial charge in [0.05, 0.1) is 17.3 Å². The number of halogens is 3. The molecule has 112 valence electrons. The van der Waals surface area contributed by atoms with Gasteiger partial charge in [0.1, 0.15) is 5.82 Å². The highest BCUT2D eigenvalue weighted by Gasteiger charge is 2.33. The van der Waals surface area contributed by atoms with Crippen molar-refractivity contribution >= 4 is 11.8 Å². The van der Waals surface area contributed by atoms with Gasteiger partial charge < -0.3 is 4.40 Å². The molecule has 0 aliphatic carbocycles. The third-order valence-corrected chi connectivity index (χ3v) is 3.48. The van der Waals surface area contributed by atoms with Gasteiger partial charge in [-0.05, 0) is 23.8 Å². The number of carbonyl (C=O) groups excluding carboxylic acids is 1. The standard InChI is InChI=1S/C16H11F3N2O/c17-16(18,19)13-6-2-1-4-11(13)8-15-20-9-14-12(10-22)5-3-7-21(14)15/h1-7,9-10H,8H2. The van der Waals surface area contributed by atoms with E-state index in [1.807, 2.05) is 0 Å². The molecular formula is C16H11F3N2O. The van der Waals surface area contributed by atoms with Crippen LogP contribution in [0.5, 0.6) is 0 Å². The zero-order valence-corrected chi connectivity index (χ0v) is 11.3. The van der Waals surface area contributed by atoms with Crippen LogP contribution in [0.2, 0.25) is 0 Å². The van der Waals surface area contributed by atoms with Crippen LogP contribution in [0.1, 0.15) is 27.3 Å². The number of alkyl halides is 3. The SMILES string of the molecule is O=Cc1cccn2c(Cc3ccccc3C(F)(F)F)ncc12. The number of hydrogen-bond acceptors (Lipinski definition) is 2. The summed E-state index contributed by atoms with van der Waals surface area (Å²) < 4.78 is 40.7. The van der Waals surface area contributed by atoms with Crippen LogP contribution in [-0.2, 0) is 12.6 Å². The Hall–Kier alpha value is -2.63. The lowest BCUT2D eigenvalue weighted by Gasteiger charge is -2.12. The third-order valence-electron chi connectivity index (χ3n) is 3.48. The smallest absolute Gasteiger partial charge is 0.303 e. The first-order chi connectivity index (χ1) is 10.5. The highest BCUT2D eigenvalue weighted by atomic mass is 19.4. The number of aromatic nitrogens is 2. The number of carbonyl (C=O) groups is 1. The molecule has 0 saturated heterocycles. The van der Waals surface area contributed by atoms with Gasteiger partial charge in [-0.2, -0.15) is 13.2 Å². The first-order valence-electron chi connectivity index (χ1n) is 6.56. The number of fused-ring (bicyclic) bond motifs is 1.